The van der Waals surface area contributed by atoms with Crippen LogP contribution in [0.25, 0.3) is 0 Å². The molecule has 0 saturated carbocycles. The molecule has 300 valence electrons. The number of hydrogen-bond donors (Lipinski definition) is 0. The first-order chi connectivity index (χ1) is 24.9. The molecule has 0 amide bonds. The van der Waals surface area contributed by atoms with Gasteiger partial charge in [0.15, 0.2) is 0 Å². The number of aryl methyl sites for hydroxylation is 1. The van der Waals surface area contributed by atoms with Crippen molar-refractivity contribution in [3.8, 4) is 5.75 Å². The lowest BCUT2D eigenvalue weighted by molar-refractivity contribution is -0.157. The lowest BCUT2D eigenvalue weighted by atomic mass is 9.75. The minimum atomic E-state index is -4.85. The summed E-state index contributed by atoms with van der Waals surface area (Å²) in [4.78, 5) is 26.0. The zero-order valence-electron chi connectivity index (χ0n) is 32.6. The highest BCUT2D eigenvalue weighted by Gasteiger charge is 2.39. The second kappa shape index (κ2) is 28.0. The SMILES string of the molecule is C=C(CC(C)(CC(CC)COCC(COc1ccc(CCCCCCCCC)cc1)OCCOS(=O)(=O)[O-])C(=O)OCCCC)C(=O)OCCCC. The number of rotatable bonds is 33. The molecule has 11 nitrogen and oxygen atoms in total. The summed E-state index contributed by atoms with van der Waals surface area (Å²) < 4.78 is 65.8. The summed E-state index contributed by atoms with van der Waals surface area (Å²) in [7, 11) is -4.85. The maximum atomic E-state index is 13.4. The molecular weight excluding hydrogens is 688 g/mol. The van der Waals surface area contributed by atoms with Gasteiger partial charge in [0.1, 0.15) is 18.5 Å². The molecule has 0 radical (unpaired) electrons. The van der Waals surface area contributed by atoms with Crippen molar-refractivity contribution >= 4 is 22.3 Å². The van der Waals surface area contributed by atoms with Crippen molar-refractivity contribution in [3.05, 3.63) is 42.0 Å². The third kappa shape index (κ3) is 22.5. The van der Waals surface area contributed by atoms with E-state index in [-0.39, 0.29) is 44.3 Å². The van der Waals surface area contributed by atoms with E-state index in [1.54, 1.807) is 6.92 Å². The molecule has 0 N–H and O–H groups in total. The van der Waals surface area contributed by atoms with Crippen LogP contribution in [0.2, 0.25) is 0 Å². The average Bonchev–Trinajstić information content (AvgIpc) is 3.11. The molecule has 0 heterocycles. The second-order valence-electron chi connectivity index (χ2n) is 13.9. The molecule has 1 aromatic rings. The molecule has 0 bridgehead atoms. The average molecular weight is 756 g/mol. The van der Waals surface area contributed by atoms with Crippen molar-refractivity contribution in [2.75, 3.05) is 46.2 Å². The number of unbranched alkanes of at least 4 members (excludes halogenated alkanes) is 8. The Balaban J connectivity index is 2.84. The van der Waals surface area contributed by atoms with Crippen LogP contribution in [0.1, 0.15) is 130 Å². The lowest BCUT2D eigenvalue weighted by Crippen LogP contribution is -2.35. The second-order valence-corrected chi connectivity index (χ2v) is 14.9. The molecule has 0 aliphatic heterocycles. The first-order valence-corrected chi connectivity index (χ1v) is 20.7. The molecule has 0 aromatic heterocycles. The van der Waals surface area contributed by atoms with Gasteiger partial charge < -0.3 is 28.2 Å². The van der Waals surface area contributed by atoms with Crippen molar-refractivity contribution in [1.29, 1.82) is 0 Å². The number of carbonyl (C=O) groups is 2. The molecule has 3 atom stereocenters. The van der Waals surface area contributed by atoms with Gasteiger partial charge in [-0.3, -0.25) is 8.98 Å². The van der Waals surface area contributed by atoms with E-state index in [1.165, 1.54) is 44.1 Å². The number of carbonyl (C=O) groups excluding carboxylic acids is 2. The van der Waals surface area contributed by atoms with Gasteiger partial charge in [-0.25, -0.2) is 13.2 Å². The topological polar surface area (TPSA) is 147 Å². The molecule has 52 heavy (non-hydrogen) atoms. The highest BCUT2D eigenvalue weighted by molar-refractivity contribution is 7.80. The largest absolute Gasteiger partial charge is 0.726 e. The Bertz CT molecular complexity index is 1220. The number of benzene rings is 1. The van der Waals surface area contributed by atoms with Gasteiger partial charge in [-0.15, -0.1) is 0 Å². The Morgan fingerprint density at radius 2 is 1.40 bits per heavy atom. The van der Waals surface area contributed by atoms with Crippen molar-refractivity contribution in [2.45, 2.75) is 137 Å². The van der Waals surface area contributed by atoms with Crippen LogP contribution < -0.4 is 4.74 Å². The predicted octanol–water partition coefficient (Wildman–Crippen LogP) is 8.29. The van der Waals surface area contributed by atoms with Crippen LogP contribution in [-0.4, -0.2) is 77.3 Å². The standard InChI is InChI=1S/C40H68O11S/c1-7-11-14-15-16-17-18-19-35-20-22-36(23-21-35)50-32-37(47-26-27-51-52(43,44)45)31-46-30-34(10-4)29-40(6,39(42)49-25-13-9-3)28-33(5)38(41)48-24-12-8-2/h20-23,34,37H,5,7-19,24-32H2,1-4,6H3,(H,43,44,45)/p-1. The van der Waals surface area contributed by atoms with Crippen LogP contribution in [-0.2, 0) is 49.5 Å². The maximum Gasteiger partial charge on any atom is 0.333 e. The lowest BCUT2D eigenvalue weighted by Gasteiger charge is -2.31. The minimum Gasteiger partial charge on any atom is -0.726 e. The molecule has 0 fully saturated rings. The first-order valence-electron chi connectivity index (χ1n) is 19.4. The monoisotopic (exact) mass is 755 g/mol. The Hall–Kier alpha value is -2.51. The zero-order valence-corrected chi connectivity index (χ0v) is 33.4. The van der Waals surface area contributed by atoms with E-state index in [0.29, 0.717) is 31.8 Å². The van der Waals surface area contributed by atoms with E-state index in [0.717, 1.165) is 38.5 Å². The van der Waals surface area contributed by atoms with E-state index in [1.807, 2.05) is 32.9 Å². The van der Waals surface area contributed by atoms with Crippen LogP contribution in [0.5, 0.6) is 5.75 Å². The van der Waals surface area contributed by atoms with Crippen molar-refractivity contribution in [1.82, 2.24) is 0 Å². The summed E-state index contributed by atoms with van der Waals surface area (Å²) in [6.07, 6.45) is 13.6. The maximum absolute atomic E-state index is 13.4. The van der Waals surface area contributed by atoms with Crippen LogP contribution in [0.4, 0.5) is 0 Å². The molecular formula is C40H67O11S-. The zero-order chi connectivity index (χ0) is 38.7. The van der Waals surface area contributed by atoms with Gasteiger partial charge in [-0.2, -0.15) is 0 Å². The summed E-state index contributed by atoms with van der Waals surface area (Å²) in [6, 6.07) is 7.95. The molecule has 1 aromatic carbocycles. The van der Waals surface area contributed by atoms with Gasteiger partial charge >= 0.3 is 11.9 Å². The van der Waals surface area contributed by atoms with E-state index in [9.17, 15) is 22.6 Å². The Morgan fingerprint density at radius 3 is 2.02 bits per heavy atom. The fraction of sp³-hybridized carbons (Fsp3) is 0.750. The summed E-state index contributed by atoms with van der Waals surface area (Å²) in [5.74, 6) is -0.320. The molecule has 0 spiro atoms. The van der Waals surface area contributed by atoms with Gasteiger partial charge in [-0.1, -0.05) is 104 Å². The van der Waals surface area contributed by atoms with Crippen molar-refractivity contribution in [3.63, 3.8) is 0 Å². The molecule has 12 heteroatoms. The summed E-state index contributed by atoms with van der Waals surface area (Å²) >= 11 is 0. The number of hydrogen-bond acceptors (Lipinski definition) is 11. The van der Waals surface area contributed by atoms with Gasteiger partial charge in [0.25, 0.3) is 0 Å². The molecule has 1 rings (SSSR count). The Morgan fingerprint density at radius 1 is 0.788 bits per heavy atom. The third-order valence-electron chi connectivity index (χ3n) is 8.91. The predicted molar refractivity (Wildman–Crippen MR) is 202 cm³/mol. The quantitative estimate of drug-likeness (QED) is 0.0224. The normalized spacial score (nSPS) is 14.0. The van der Waals surface area contributed by atoms with Crippen molar-refractivity contribution in [2.24, 2.45) is 11.3 Å². The number of ether oxygens (including phenoxy) is 5. The first kappa shape index (κ1) is 47.5. The number of esters is 2. The van der Waals surface area contributed by atoms with Crippen LogP contribution in [0, 0.1) is 11.3 Å². The van der Waals surface area contributed by atoms with E-state index in [2.05, 4.69) is 29.8 Å². The summed E-state index contributed by atoms with van der Waals surface area (Å²) in [5.41, 5.74) is 0.442. The van der Waals surface area contributed by atoms with Gasteiger partial charge in [-0.05, 0) is 69.1 Å². The van der Waals surface area contributed by atoms with Gasteiger partial charge in [0.05, 0.1) is 38.4 Å². The highest BCUT2D eigenvalue weighted by Crippen LogP contribution is 2.36. The molecule has 0 saturated heterocycles. The van der Waals surface area contributed by atoms with Crippen LogP contribution in [0.3, 0.4) is 0 Å². The summed E-state index contributed by atoms with van der Waals surface area (Å²) in [6.45, 7) is 14.5. The van der Waals surface area contributed by atoms with E-state index in [4.69, 9.17) is 23.7 Å². The smallest absolute Gasteiger partial charge is 0.333 e. The van der Waals surface area contributed by atoms with Crippen LogP contribution >= 0.6 is 0 Å². The molecule has 0 aliphatic rings. The highest BCUT2D eigenvalue weighted by atomic mass is 32.3. The van der Waals surface area contributed by atoms with Gasteiger partial charge in [0, 0.05) is 12.2 Å². The Kier molecular flexibility index (Phi) is 25.6. The van der Waals surface area contributed by atoms with Gasteiger partial charge in [0.2, 0.25) is 10.4 Å². The Labute approximate surface area is 314 Å². The molecule has 0 aliphatic carbocycles. The van der Waals surface area contributed by atoms with E-state index < -0.39 is 40.5 Å². The van der Waals surface area contributed by atoms with Crippen LogP contribution in [0.15, 0.2) is 36.4 Å². The van der Waals surface area contributed by atoms with E-state index >= 15 is 0 Å². The third-order valence-corrected chi connectivity index (χ3v) is 9.37. The fourth-order valence-electron chi connectivity index (χ4n) is 5.71. The van der Waals surface area contributed by atoms with Crippen molar-refractivity contribution < 1.29 is 50.4 Å². The molecule has 3 unspecified atom stereocenters. The summed E-state index contributed by atoms with van der Waals surface area (Å²) in [5, 5.41) is 0. The minimum absolute atomic E-state index is 0.0768. The fourth-order valence-corrected chi connectivity index (χ4v) is 5.99.